The summed E-state index contributed by atoms with van der Waals surface area (Å²) in [5.74, 6) is -0.0458. The molecule has 1 aliphatic rings. The Kier molecular flexibility index (Phi) is 4.69. The van der Waals surface area contributed by atoms with E-state index in [9.17, 15) is 4.79 Å². The van der Waals surface area contributed by atoms with Gasteiger partial charge in [-0.05, 0) is 31.2 Å². The third-order valence-corrected chi connectivity index (χ3v) is 6.69. The average molecular weight is 404 g/mol. The van der Waals surface area contributed by atoms with Crippen LogP contribution in [-0.2, 0) is 0 Å². The van der Waals surface area contributed by atoms with Crippen molar-refractivity contribution in [1.29, 1.82) is 0 Å². The van der Waals surface area contributed by atoms with E-state index in [1.54, 1.807) is 17.5 Å². The molecule has 5 rings (SSSR count). The van der Waals surface area contributed by atoms with Crippen LogP contribution in [0.15, 0.2) is 54.7 Å². The van der Waals surface area contributed by atoms with Gasteiger partial charge in [0.05, 0.1) is 33.5 Å². The molecule has 0 bridgehead atoms. The number of fused-ring (bicyclic) bond motifs is 2. The second kappa shape index (κ2) is 7.50. The first-order chi connectivity index (χ1) is 14.2. The quantitative estimate of drug-likeness (QED) is 0.521. The Labute approximate surface area is 172 Å². The highest BCUT2D eigenvalue weighted by molar-refractivity contribution is 7.18. The molecule has 29 heavy (non-hydrogen) atoms. The van der Waals surface area contributed by atoms with Crippen molar-refractivity contribution in [1.82, 2.24) is 24.8 Å². The maximum atomic E-state index is 12.9. The normalized spacial score (nSPS) is 16.4. The third kappa shape index (κ3) is 3.47. The highest BCUT2D eigenvalue weighted by Gasteiger charge is 2.27. The molecule has 3 heterocycles. The summed E-state index contributed by atoms with van der Waals surface area (Å²) in [5, 5.41) is 1.13. The Balaban J connectivity index is 1.27. The van der Waals surface area contributed by atoms with Crippen LogP contribution >= 0.6 is 11.3 Å². The monoisotopic (exact) mass is 403 g/mol. The van der Waals surface area contributed by atoms with Gasteiger partial charge in [-0.1, -0.05) is 24.3 Å². The van der Waals surface area contributed by atoms with Gasteiger partial charge in [0.2, 0.25) is 0 Å². The van der Waals surface area contributed by atoms with E-state index in [0.717, 1.165) is 34.6 Å². The number of nitrogens with zero attached hydrogens (tertiary/aromatic N) is 5. The fraction of sp³-hybridized carbons (Fsp3) is 0.273. The van der Waals surface area contributed by atoms with E-state index in [0.29, 0.717) is 18.8 Å². The molecule has 0 aliphatic carbocycles. The van der Waals surface area contributed by atoms with E-state index in [-0.39, 0.29) is 11.9 Å². The van der Waals surface area contributed by atoms with Gasteiger partial charge in [0, 0.05) is 26.2 Å². The highest BCUT2D eigenvalue weighted by atomic mass is 32.1. The molecule has 1 unspecified atom stereocenters. The number of hydrogen-bond acceptors (Lipinski definition) is 6. The molecule has 4 aromatic rings. The number of carbonyl (C=O) groups is 1. The summed E-state index contributed by atoms with van der Waals surface area (Å²) in [6.07, 6.45) is 1.58. The molecular weight excluding hydrogens is 382 g/mol. The second-order valence-corrected chi connectivity index (χ2v) is 8.33. The number of thiazole rings is 1. The third-order valence-electron chi connectivity index (χ3n) is 5.48. The lowest BCUT2D eigenvalue weighted by molar-refractivity contribution is 0.0576. The minimum atomic E-state index is -0.0458. The molecule has 146 valence electrons. The maximum Gasteiger partial charge on any atom is 0.274 e. The zero-order valence-corrected chi connectivity index (χ0v) is 17.0. The Hall–Kier alpha value is -2.90. The molecule has 2 aromatic carbocycles. The van der Waals surface area contributed by atoms with Crippen LogP contribution in [0.25, 0.3) is 21.3 Å². The van der Waals surface area contributed by atoms with Crippen LogP contribution in [0.3, 0.4) is 0 Å². The Morgan fingerprint density at radius 1 is 0.931 bits per heavy atom. The standard InChI is InChI=1S/C22H21N5OS/c1-15(21-25-18-8-4-5-9-20(18)29-21)26-10-12-27(13-11-26)22(28)19-14-23-16-6-2-3-7-17(16)24-19/h2-9,14-15H,10-13H2,1H3. The first-order valence-corrected chi connectivity index (χ1v) is 10.6. The smallest absolute Gasteiger partial charge is 0.274 e. The predicted molar refractivity (Wildman–Crippen MR) is 115 cm³/mol. The van der Waals surface area contributed by atoms with Gasteiger partial charge < -0.3 is 4.90 Å². The van der Waals surface area contributed by atoms with Crippen LogP contribution in [0.5, 0.6) is 0 Å². The molecular formula is C22H21N5OS. The molecule has 1 fully saturated rings. The Bertz CT molecular complexity index is 1150. The number of piperazine rings is 1. The molecule has 6 nitrogen and oxygen atoms in total. The topological polar surface area (TPSA) is 62.2 Å². The number of carbonyl (C=O) groups excluding carboxylic acids is 1. The lowest BCUT2D eigenvalue weighted by Gasteiger charge is -2.37. The predicted octanol–water partition coefficient (Wildman–Crippen LogP) is 3.76. The first kappa shape index (κ1) is 18.1. The Morgan fingerprint density at radius 3 is 2.38 bits per heavy atom. The van der Waals surface area contributed by atoms with E-state index in [1.165, 1.54) is 4.70 Å². The van der Waals surface area contributed by atoms with Crippen LogP contribution in [0.4, 0.5) is 0 Å². The van der Waals surface area contributed by atoms with Crippen LogP contribution in [0.1, 0.15) is 28.5 Å². The van der Waals surface area contributed by atoms with E-state index in [1.807, 2.05) is 35.2 Å². The minimum Gasteiger partial charge on any atom is -0.335 e. The van der Waals surface area contributed by atoms with E-state index in [2.05, 4.69) is 40.0 Å². The molecule has 1 aliphatic heterocycles. The molecule has 0 saturated carbocycles. The highest BCUT2D eigenvalue weighted by Crippen LogP contribution is 2.30. The molecule has 2 aromatic heterocycles. The maximum absolute atomic E-state index is 12.9. The molecule has 1 atom stereocenters. The van der Waals surface area contributed by atoms with Crippen LogP contribution in [-0.4, -0.2) is 56.8 Å². The number of amides is 1. The number of aromatic nitrogens is 3. The minimum absolute atomic E-state index is 0.0458. The van der Waals surface area contributed by atoms with Crippen molar-refractivity contribution >= 4 is 38.5 Å². The largest absolute Gasteiger partial charge is 0.335 e. The fourth-order valence-corrected chi connectivity index (χ4v) is 4.81. The summed E-state index contributed by atoms with van der Waals surface area (Å²) in [4.78, 5) is 30.8. The van der Waals surface area contributed by atoms with Crippen molar-refractivity contribution in [2.45, 2.75) is 13.0 Å². The van der Waals surface area contributed by atoms with Crippen LogP contribution in [0, 0.1) is 0 Å². The summed E-state index contributed by atoms with van der Waals surface area (Å²) < 4.78 is 1.22. The number of rotatable bonds is 3. The van der Waals surface area contributed by atoms with Crippen molar-refractivity contribution in [3.8, 4) is 0 Å². The van der Waals surface area contributed by atoms with Gasteiger partial charge in [0.15, 0.2) is 0 Å². The van der Waals surface area contributed by atoms with Crippen molar-refractivity contribution in [2.24, 2.45) is 0 Å². The van der Waals surface area contributed by atoms with Crippen LogP contribution < -0.4 is 0 Å². The fourth-order valence-electron chi connectivity index (χ4n) is 3.76. The van der Waals surface area contributed by atoms with Crippen molar-refractivity contribution < 1.29 is 4.79 Å². The number of hydrogen-bond donors (Lipinski definition) is 0. The van der Waals surface area contributed by atoms with Crippen molar-refractivity contribution in [3.05, 3.63) is 65.4 Å². The van der Waals surface area contributed by atoms with Gasteiger partial charge in [-0.2, -0.15) is 0 Å². The van der Waals surface area contributed by atoms with Crippen molar-refractivity contribution in [3.63, 3.8) is 0 Å². The summed E-state index contributed by atoms with van der Waals surface area (Å²) in [5.41, 5.74) is 3.03. The van der Waals surface area contributed by atoms with E-state index >= 15 is 0 Å². The van der Waals surface area contributed by atoms with Crippen LogP contribution in [0.2, 0.25) is 0 Å². The second-order valence-electron chi connectivity index (χ2n) is 7.27. The zero-order valence-electron chi connectivity index (χ0n) is 16.2. The summed E-state index contributed by atoms with van der Waals surface area (Å²) >= 11 is 1.75. The SMILES string of the molecule is CC(c1nc2ccccc2s1)N1CCN(C(=O)c2cnc3ccccc3n2)CC1. The van der Waals surface area contributed by atoms with Gasteiger partial charge in [-0.15, -0.1) is 11.3 Å². The van der Waals surface area contributed by atoms with E-state index in [4.69, 9.17) is 4.98 Å². The molecule has 1 amide bonds. The lowest BCUT2D eigenvalue weighted by atomic mass is 10.2. The average Bonchev–Trinajstić information content (AvgIpc) is 3.22. The van der Waals surface area contributed by atoms with Gasteiger partial charge in [0.1, 0.15) is 10.7 Å². The summed E-state index contributed by atoms with van der Waals surface area (Å²) in [6.45, 7) is 5.21. The van der Waals surface area contributed by atoms with E-state index < -0.39 is 0 Å². The lowest BCUT2D eigenvalue weighted by Crippen LogP contribution is -2.49. The molecule has 7 heteroatoms. The number of benzene rings is 2. The summed E-state index contributed by atoms with van der Waals surface area (Å²) in [7, 11) is 0. The summed E-state index contributed by atoms with van der Waals surface area (Å²) in [6, 6.07) is 16.1. The molecule has 0 radical (unpaired) electrons. The van der Waals surface area contributed by atoms with Gasteiger partial charge in [-0.3, -0.25) is 14.7 Å². The Morgan fingerprint density at radius 2 is 1.62 bits per heavy atom. The molecule has 0 spiro atoms. The number of para-hydroxylation sites is 3. The molecule has 1 saturated heterocycles. The van der Waals surface area contributed by atoms with Gasteiger partial charge >= 0.3 is 0 Å². The van der Waals surface area contributed by atoms with Gasteiger partial charge in [-0.25, -0.2) is 9.97 Å². The zero-order chi connectivity index (χ0) is 19.8. The van der Waals surface area contributed by atoms with Gasteiger partial charge in [0.25, 0.3) is 5.91 Å². The van der Waals surface area contributed by atoms with Crippen molar-refractivity contribution in [2.75, 3.05) is 26.2 Å². The molecule has 0 N–H and O–H groups in total. The first-order valence-electron chi connectivity index (χ1n) is 9.79.